The molecule has 1 atom stereocenters. The highest BCUT2D eigenvalue weighted by Crippen LogP contribution is 2.52. The van der Waals surface area contributed by atoms with Crippen LogP contribution < -0.4 is 10.6 Å². The van der Waals surface area contributed by atoms with Crippen molar-refractivity contribution < 1.29 is 40.3 Å². The standard InChI is InChI=1S/C27H23ClF7IN8O2S/c1-13-7-15(36)8-17(23(45)38-14(2)12-47-3)21(13)39-24(46)19-9-16(41-44(19)22-18(28)5-4-6-37-22)10-43-11-20(40-42-43)25(29,26(30,31)32)27(33,34)35/h4-9,11,14H,10,12H2,1-3H3,(H,38,45)(H,39,46)/t14-/m0/s1. The van der Waals surface area contributed by atoms with Crippen LogP contribution in [0.1, 0.15) is 44.7 Å². The molecule has 0 saturated heterocycles. The van der Waals surface area contributed by atoms with Crippen LogP contribution in [-0.4, -0.2) is 72.0 Å². The van der Waals surface area contributed by atoms with Crippen molar-refractivity contribution in [3.63, 3.8) is 0 Å². The van der Waals surface area contributed by atoms with Crippen molar-refractivity contribution in [2.24, 2.45) is 0 Å². The number of halogens is 9. The molecule has 47 heavy (non-hydrogen) atoms. The smallest absolute Gasteiger partial charge is 0.349 e. The molecule has 4 aromatic rings. The van der Waals surface area contributed by atoms with Crippen LogP contribution in [-0.2, 0) is 12.2 Å². The maximum absolute atomic E-state index is 14.5. The lowest BCUT2D eigenvalue weighted by Gasteiger charge is -2.27. The zero-order chi connectivity index (χ0) is 34.9. The number of alkyl halides is 7. The van der Waals surface area contributed by atoms with Gasteiger partial charge in [-0.05, 0) is 78.6 Å². The molecule has 0 unspecified atom stereocenters. The first kappa shape index (κ1) is 36.4. The van der Waals surface area contributed by atoms with Gasteiger partial charge in [0.15, 0.2) is 5.82 Å². The van der Waals surface area contributed by atoms with E-state index in [0.717, 1.165) is 10.7 Å². The lowest BCUT2D eigenvalue weighted by atomic mass is 10.0. The van der Waals surface area contributed by atoms with E-state index in [0.29, 0.717) is 19.6 Å². The zero-order valence-corrected chi connectivity index (χ0v) is 28.1. The monoisotopic (exact) mass is 818 g/mol. The highest BCUT2D eigenvalue weighted by Gasteiger charge is 2.75. The topological polar surface area (TPSA) is 120 Å². The van der Waals surface area contributed by atoms with Crippen molar-refractivity contribution in [1.82, 2.24) is 35.1 Å². The van der Waals surface area contributed by atoms with E-state index in [-0.39, 0.29) is 45.7 Å². The van der Waals surface area contributed by atoms with Crippen LogP contribution in [0.3, 0.4) is 0 Å². The third-order valence-electron chi connectivity index (χ3n) is 6.51. The number of aryl methyl sites for hydroxylation is 1. The van der Waals surface area contributed by atoms with Gasteiger partial charge in [-0.2, -0.15) is 43.2 Å². The first-order valence-electron chi connectivity index (χ1n) is 13.2. The molecule has 0 saturated carbocycles. The molecule has 0 aliphatic carbocycles. The molecule has 2 amide bonds. The summed E-state index contributed by atoms with van der Waals surface area (Å²) in [5.41, 5.74) is -7.30. The number of amides is 2. The van der Waals surface area contributed by atoms with E-state index < -0.39 is 42.1 Å². The van der Waals surface area contributed by atoms with E-state index >= 15 is 0 Å². The average Bonchev–Trinajstić information content (AvgIpc) is 3.60. The zero-order valence-electron chi connectivity index (χ0n) is 24.3. The molecule has 0 radical (unpaired) electrons. The van der Waals surface area contributed by atoms with Gasteiger partial charge in [0.2, 0.25) is 0 Å². The Hall–Kier alpha value is -3.46. The summed E-state index contributed by atoms with van der Waals surface area (Å²) in [4.78, 5) is 31.1. The van der Waals surface area contributed by atoms with Crippen LogP contribution in [0.25, 0.3) is 5.82 Å². The molecular formula is C27H23ClF7IN8O2S. The van der Waals surface area contributed by atoms with E-state index in [1.54, 1.807) is 19.1 Å². The molecule has 0 aliphatic rings. The Bertz CT molecular complexity index is 1780. The number of pyridine rings is 1. The minimum atomic E-state index is -6.38. The minimum Gasteiger partial charge on any atom is -0.349 e. The second kappa shape index (κ2) is 14.0. The van der Waals surface area contributed by atoms with Gasteiger partial charge in [0.1, 0.15) is 11.4 Å². The highest BCUT2D eigenvalue weighted by atomic mass is 127. The van der Waals surface area contributed by atoms with Gasteiger partial charge < -0.3 is 10.6 Å². The lowest BCUT2D eigenvalue weighted by Crippen LogP contribution is -2.50. The number of anilines is 1. The third kappa shape index (κ3) is 7.66. The fraction of sp³-hybridized carbons (Fsp3) is 0.333. The van der Waals surface area contributed by atoms with Gasteiger partial charge in [-0.3, -0.25) is 9.59 Å². The Morgan fingerprint density at radius 2 is 1.77 bits per heavy atom. The van der Waals surface area contributed by atoms with Gasteiger partial charge in [-0.25, -0.2) is 18.7 Å². The molecule has 2 N–H and O–H groups in total. The molecular weight excluding hydrogens is 796 g/mol. The van der Waals surface area contributed by atoms with Gasteiger partial charge >= 0.3 is 18.0 Å². The fourth-order valence-corrected chi connectivity index (χ4v) is 5.94. The summed E-state index contributed by atoms with van der Waals surface area (Å²) in [5, 5.41) is 15.8. The van der Waals surface area contributed by atoms with Gasteiger partial charge in [0, 0.05) is 21.6 Å². The van der Waals surface area contributed by atoms with Crippen molar-refractivity contribution in [2.75, 3.05) is 17.3 Å². The molecule has 0 aliphatic heterocycles. The number of hydrogen-bond acceptors (Lipinski definition) is 7. The van der Waals surface area contributed by atoms with Crippen molar-refractivity contribution in [3.8, 4) is 5.82 Å². The van der Waals surface area contributed by atoms with Gasteiger partial charge in [-0.1, -0.05) is 16.8 Å². The van der Waals surface area contributed by atoms with Crippen molar-refractivity contribution in [2.45, 2.75) is 44.5 Å². The normalized spacial score (nSPS) is 13.0. The number of nitrogens with one attached hydrogen (secondary N) is 2. The molecule has 4 rings (SSSR count). The fourth-order valence-electron chi connectivity index (χ4n) is 4.37. The van der Waals surface area contributed by atoms with Crippen LogP contribution in [0.5, 0.6) is 0 Å². The van der Waals surface area contributed by atoms with Crippen LogP contribution in [0.2, 0.25) is 5.02 Å². The van der Waals surface area contributed by atoms with Gasteiger partial charge in [-0.15, -0.1) is 5.10 Å². The molecule has 10 nitrogen and oxygen atoms in total. The van der Waals surface area contributed by atoms with Gasteiger partial charge in [0.25, 0.3) is 11.8 Å². The van der Waals surface area contributed by atoms with E-state index in [2.05, 4.69) is 31.0 Å². The summed E-state index contributed by atoms with van der Waals surface area (Å²) < 4.78 is 96.0. The summed E-state index contributed by atoms with van der Waals surface area (Å²) >= 11 is 9.85. The first-order chi connectivity index (χ1) is 21.9. The number of thioether (sulfide) groups is 1. The number of nitrogens with zero attached hydrogens (tertiary/aromatic N) is 6. The second-order valence-electron chi connectivity index (χ2n) is 10.1. The van der Waals surface area contributed by atoms with Crippen LogP contribution in [0.4, 0.5) is 36.4 Å². The predicted molar refractivity (Wildman–Crippen MR) is 168 cm³/mol. The summed E-state index contributed by atoms with van der Waals surface area (Å²) in [5.74, 6) is -0.689. The second-order valence-corrected chi connectivity index (χ2v) is 12.7. The number of rotatable bonds is 10. The quantitative estimate of drug-likeness (QED) is 0.139. The van der Waals surface area contributed by atoms with E-state index in [4.69, 9.17) is 11.6 Å². The van der Waals surface area contributed by atoms with Crippen molar-refractivity contribution in [1.29, 1.82) is 0 Å². The molecule has 0 spiro atoms. The van der Waals surface area contributed by atoms with Crippen LogP contribution in [0.15, 0.2) is 42.7 Å². The molecule has 3 heterocycles. The summed E-state index contributed by atoms with van der Waals surface area (Å²) in [6.07, 6.45) is -9.40. The Kier molecular flexibility index (Phi) is 10.8. The molecule has 3 aromatic heterocycles. The first-order valence-corrected chi connectivity index (χ1v) is 16.1. The Morgan fingerprint density at radius 3 is 2.38 bits per heavy atom. The number of carbonyl (C=O) groups excluding carboxylic acids is 2. The van der Waals surface area contributed by atoms with Crippen LogP contribution >= 0.6 is 46.0 Å². The van der Waals surface area contributed by atoms with E-state index in [1.807, 2.05) is 35.8 Å². The predicted octanol–water partition coefficient (Wildman–Crippen LogP) is 6.50. The summed E-state index contributed by atoms with van der Waals surface area (Å²) in [6.45, 7) is 2.86. The number of hydrogen-bond donors (Lipinski definition) is 2. The third-order valence-corrected chi connectivity index (χ3v) is 8.26. The van der Waals surface area contributed by atoms with E-state index in [1.165, 1.54) is 30.1 Å². The van der Waals surface area contributed by atoms with Crippen molar-refractivity contribution in [3.05, 3.63) is 79.5 Å². The van der Waals surface area contributed by atoms with E-state index in [9.17, 15) is 40.3 Å². The molecule has 1 aromatic carbocycles. The molecule has 252 valence electrons. The Balaban J connectivity index is 1.74. The SMILES string of the molecule is CSC[C@H](C)NC(=O)c1cc(I)cc(C)c1NC(=O)c1cc(Cn2cc(C(F)(C(F)(F)F)C(F)(F)F)nn2)nn1-c1ncccc1Cl. The average molecular weight is 819 g/mol. The van der Waals surface area contributed by atoms with Gasteiger partial charge in [0.05, 0.1) is 34.7 Å². The maximum Gasteiger partial charge on any atom is 0.437 e. The Labute approximate surface area is 285 Å². The summed E-state index contributed by atoms with van der Waals surface area (Å²) in [7, 11) is 0. The van der Waals surface area contributed by atoms with Crippen molar-refractivity contribution >= 4 is 63.5 Å². The number of carbonyl (C=O) groups is 2. The maximum atomic E-state index is 14.5. The highest BCUT2D eigenvalue weighted by molar-refractivity contribution is 14.1. The molecule has 0 fully saturated rings. The number of aromatic nitrogens is 6. The molecule has 20 heteroatoms. The lowest BCUT2D eigenvalue weighted by molar-refractivity contribution is -0.350. The van der Waals surface area contributed by atoms with Crippen LogP contribution in [0, 0.1) is 10.5 Å². The number of benzene rings is 1. The molecule has 0 bridgehead atoms. The largest absolute Gasteiger partial charge is 0.437 e. The minimum absolute atomic E-state index is 0.0325. The Morgan fingerprint density at radius 1 is 1.09 bits per heavy atom. The summed E-state index contributed by atoms with van der Waals surface area (Å²) in [6, 6.07) is 7.20.